The van der Waals surface area contributed by atoms with Crippen molar-refractivity contribution in [3.8, 4) is 5.75 Å². The minimum Gasteiger partial charge on any atom is -0.497 e. The van der Waals surface area contributed by atoms with Crippen molar-refractivity contribution in [2.45, 2.75) is 76.2 Å². The van der Waals surface area contributed by atoms with Crippen LogP contribution in [0.15, 0.2) is 48.5 Å². The van der Waals surface area contributed by atoms with Gasteiger partial charge >= 0.3 is 18.0 Å². The first kappa shape index (κ1) is 31.0. The van der Waals surface area contributed by atoms with Crippen LogP contribution in [0.5, 0.6) is 5.75 Å². The number of alkyl carbamates (subject to hydrolysis) is 1. The first-order chi connectivity index (χ1) is 17.7. The largest absolute Gasteiger partial charge is 0.497 e. The molecular formula is C29H39NO7S. The van der Waals surface area contributed by atoms with E-state index in [0.29, 0.717) is 17.7 Å². The molecule has 0 spiro atoms. The third-order valence-electron chi connectivity index (χ3n) is 5.13. The lowest BCUT2D eigenvalue weighted by molar-refractivity contribution is -0.140. The number of hydrogen-bond acceptors (Lipinski definition) is 8. The fourth-order valence-electron chi connectivity index (χ4n) is 3.43. The lowest BCUT2D eigenvalue weighted by Gasteiger charge is -2.28. The third-order valence-corrected chi connectivity index (χ3v) is 6.51. The highest BCUT2D eigenvalue weighted by Crippen LogP contribution is 2.26. The van der Waals surface area contributed by atoms with Crippen LogP contribution in [0.4, 0.5) is 4.79 Å². The Morgan fingerprint density at radius 1 is 0.816 bits per heavy atom. The third kappa shape index (κ3) is 10.7. The Labute approximate surface area is 229 Å². The normalized spacial score (nSPS) is 13.2. The van der Waals surface area contributed by atoms with Crippen molar-refractivity contribution in [1.29, 1.82) is 0 Å². The van der Waals surface area contributed by atoms with Crippen LogP contribution in [-0.4, -0.2) is 54.7 Å². The van der Waals surface area contributed by atoms with Gasteiger partial charge in [-0.05, 0) is 83.4 Å². The first-order valence-corrected chi connectivity index (χ1v) is 13.4. The SMILES string of the molecule is COC(=O)[C@@H](SCc1ccc(OC)cc1)[C@H](Cc1ccc(C(=O)OC(C)(C)C)cc1)NC(=O)OC(C)(C)C. The van der Waals surface area contributed by atoms with E-state index in [-0.39, 0.29) is 0 Å². The van der Waals surface area contributed by atoms with Gasteiger partial charge in [0.25, 0.3) is 0 Å². The van der Waals surface area contributed by atoms with Crippen molar-refractivity contribution < 1.29 is 33.3 Å². The molecule has 0 radical (unpaired) electrons. The van der Waals surface area contributed by atoms with Crippen molar-refractivity contribution in [3.05, 3.63) is 65.2 Å². The number of methoxy groups -OCH3 is 2. The summed E-state index contributed by atoms with van der Waals surface area (Å²) in [7, 11) is 2.92. The predicted octanol–water partition coefficient (Wildman–Crippen LogP) is 5.56. The predicted molar refractivity (Wildman–Crippen MR) is 149 cm³/mol. The Kier molecular flexibility index (Phi) is 11.1. The van der Waals surface area contributed by atoms with E-state index in [4.69, 9.17) is 18.9 Å². The molecule has 1 N–H and O–H groups in total. The molecule has 0 saturated heterocycles. The van der Waals surface area contributed by atoms with E-state index in [2.05, 4.69) is 5.32 Å². The van der Waals surface area contributed by atoms with Crippen LogP contribution in [0.3, 0.4) is 0 Å². The quantitative estimate of drug-likeness (QED) is 0.306. The molecule has 208 valence electrons. The van der Waals surface area contributed by atoms with Gasteiger partial charge in [0.1, 0.15) is 22.2 Å². The summed E-state index contributed by atoms with van der Waals surface area (Å²) in [5, 5.41) is 2.14. The van der Waals surface area contributed by atoms with Gasteiger partial charge in [-0.15, -0.1) is 11.8 Å². The van der Waals surface area contributed by atoms with E-state index in [1.807, 2.05) is 45.0 Å². The Morgan fingerprint density at radius 2 is 1.37 bits per heavy atom. The van der Waals surface area contributed by atoms with E-state index < -0.39 is 40.5 Å². The summed E-state index contributed by atoms with van der Waals surface area (Å²) in [6.45, 7) is 10.7. The smallest absolute Gasteiger partial charge is 0.407 e. The molecule has 38 heavy (non-hydrogen) atoms. The molecule has 0 heterocycles. The second-order valence-electron chi connectivity index (χ2n) is 10.8. The Morgan fingerprint density at radius 3 is 1.87 bits per heavy atom. The fraction of sp³-hybridized carbons (Fsp3) is 0.483. The molecule has 0 fully saturated rings. The number of esters is 2. The molecule has 2 aromatic carbocycles. The summed E-state index contributed by atoms with van der Waals surface area (Å²) < 4.78 is 21.2. The van der Waals surface area contributed by atoms with Crippen LogP contribution in [0, 0.1) is 0 Å². The number of thioether (sulfide) groups is 1. The lowest BCUT2D eigenvalue weighted by atomic mass is 10.0. The molecule has 0 aliphatic carbocycles. The van der Waals surface area contributed by atoms with Gasteiger partial charge in [-0.3, -0.25) is 4.79 Å². The molecule has 1 amide bonds. The van der Waals surface area contributed by atoms with Gasteiger partial charge in [0.05, 0.1) is 25.8 Å². The van der Waals surface area contributed by atoms with Crippen LogP contribution in [0.1, 0.15) is 63.0 Å². The average molecular weight is 546 g/mol. The molecule has 8 nitrogen and oxygen atoms in total. The summed E-state index contributed by atoms with van der Waals surface area (Å²) in [4.78, 5) is 38.0. The topological polar surface area (TPSA) is 100 Å². The van der Waals surface area contributed by atoms with Crippen LogP contribution in [0.25, 0.3) is 0 Å². The van der Waals surface area contributed by atoms with Crippen LogP contribution >= 0.6 is 11.8 Å². The summed E-state index contributed by atoms with van der Waals surface area (Å²) in [6, 6.07) is 13.8. The van der Waals surface area contributed by atoms with E-state index in [1.165, 1.54) is 18.9 Å². The zero-order chi connectivity index (χ0) is 28.5. The molecule has 2 atom stereocenters. The first-order valence-electron chi connectivity index (χ1n) is 12.3. The Bertz CT molecular complexity index is 1070. The highest BCUT2D eigenvalue weighted by molar-refractivity contribution is 7.99. The molecule has 0 aliphatic rings. The van der Waals surface area contributed by atoms with Gasteiger partial charge in [-0.1, -0.05) is 24.3 Å². The fourth-order valence-corrected chi connectivity index (χ4v) is 4.63. The molecule has 0 bridgehead atoms. The number of ether oxygens (including phenoxy) is 4. The second kappa shape index (κ2) is 13.6. The lowest BCUT2D eigenvalue weighted by Crippen LogP contribution is -2.48. The highest BCUT2D eigenvalue weighted by Gasteiger charge is 2.33. The number of hydrogen-bond donors (Lipinski definition) is 1. The Balaban J connectivity index is 2.28. The second-order valence-corrected chi connectivity index (χ2v) is 11.9. The highest BCUT2D eigenvalue weighted by atomic mass is 32.2. The zero-order valence-electron chi connectivity index (χ0n) is 23.5. The minimum atomic E-state index is -0.722. The maximum absolute atomic E-state index is 12.9. The van der Waals surface area contributed by atoms with Crippen molar-refractivity contribution in [1.82, 2.24) is 5.32 Å². The summed E-state index contributed by atoms with van der Waals surface area (Å²) in [5.74, 6) is 0.362. The van der Waals surface area contributed by atoms with Gasteiger partial charge in [-0.2, -0.15) is 0 Å². The molecule has 9 heteroatoms. The van der Waals surface area contributed by atoms with E-state index >= 15 is 0 Å². The Hall–Kier alpha value is -3.20. The molecule has 2 aromatic rings. The maximum atomic E-state index is 12.9. The zero-order valence-corrected chi connectivity index (χ0v) is 24.3. The van der Waals surface area contributed by atoms with E-state index in [0.717, 1.165) is 16.9 Å². The van der Waals surface area contributed by atoms with Crippen LogP contribution in [0.2, 0.25) is 0 Å². The van der Waals surface area contributed by atoms with E-state index in [1.54, 1.807) is 52.1 Å². The molecular weight excluding hydrogens is 506 g/mol. The van der Waals surface area contributed by atoms with Gasteiger partial charge in [0.2, 0.25) is 0 Å². The van der Waals surface area contributed by atoms with Crippen molar-refractivity contribution in [2.75, 3.05) is 14.2 Å². The van der Waals surface area contributed by atoms with Crippen molar-refractivity contribution in [3.63, 3.8) is 0 Å². The van der Waals surface area contributed by atoms with Gasteiger partial charge in [0, 0.05) is 5.75 Å². The monoisotopic (exact) mass is 545 g/mol. The number of carbonyl (C=O) groups is 3. The van der Waals surface area contributed by atoms with Crippen LogP contribution < -0.4 is 10.1 Å². The van der Waals surface area contributed by atoms with Crippen molar-refractivity contribution >= 4 is 29.8 Å². The molecule has 0 aromatic heterocycles. The average Bonchev–Trinajstić information content (AvgIpc) is 2.82. The van der Waals surface area contributed by atoms with Gasteiger partial charge in [0.15, 0.2) is 0 Å². The number of nitrogens with one attached hydrogen (secondary N) is 1. The summed E-state index contributed by atoms with van der Waals surface area (Å²) >= 11 is 1.36. The minimum absolute atomic E-state index is 0.309. The number of amides is 1. The maximum Gasteiger partial charge on any atom is 0.407 e. The molecule has 2 rings (SSSR count). The molecule has 0 aliphatic heterocycles. The van der Waals surface area contributed by atoms with Crippen LogP contribution in [-0.2, 0) is 31.2 Å². The van der Waals surface area contributed by atoms with E-state index in [9.17, 15) is 14.4 Å². The van der Waals surface area contributed by atoms with Gasteiger partial charge in [-0.25, -0.2) is 9.59 Å². The van der Waals surface area contributed by atoms with Crippen molar-refractivity contribution in [2.24, 2.45) is 0 Å². The number of carbonyl (C=O) groups excluding carboxylic acids is 3. The molecule has 0 unspecified atom stereocenters. The summed E-state index contributed by atoms with van der Waals surface area (Å²) in [5.41, 5.74) is 0.909. The van der Waals surface area contributed by atoms with Gasteiger partial charge < -0.3 is 24.3 Å². The number of rotatable bonds is 10. The standard InChI is InChI=1S/C29H39NO7S/c1-28(2,3)36-25(31)21-13-9-19(10-14-21)17-23(30-27(33)37-29(4,5)6)24(26(32)35-8)38-18-20-11-15-22(34-7)16-12-20/h9-16,23-24H,17-18H2,1-8H3,(H,30,33)/t23-,24-/m0/s1. The number of benzene rings is 2. The summed E-state index contributed by atoms with van der Waals surface area (Å²) in [6.07, 6.45) is -0.324. The molecule has 0 saturated carbocycles.